The number of likely N-dealkylation sites (tertiary alicyclic amines) is 1. The second-order valence-corrected chi connectivity index (χ2v) is 7.03. The lowest BCUT2D eigenvalue weighted by atomic mass is 9.90. The van der Waals surface area contributed by atoms with Crippen LogP contribution in [-0.4, -0.2) is 47.7 Å². The maximum Gasteiger partial charge on any atom is 0.325 e. The van der Waals surface area contributed by atoms with Gasteiger partial charge in [0.05, 0.1) is 0 Å². The Morgan fingerprint density at radius 1 is 1.20 bits per heavy atom. The van der Waals surface area contributed by atoms with Crippen molar-refractivity contribution in [2.45, 2.75) is 62.9 Å². The molecule has 0 aromatic rings. The molecule has 20 heavy (non-hydrogen) atoms. The van der Waals surface area contributed by atoms with Gasteiger partial charge in [-0.15, -0.1) is 0 Å². The summed E-state index contributed by atoms with van der Waals surface area (Å²) in [5.41, 5.74) is -0.707. The van der Waals surface area contributed by atoms with E-state index in [1.807, 2.05) is 7.05 Å². The van der Waals surface area contributed by atoms with Crippen molar-refractivity contribution in [3.8, 4) is 0 Å². The fraction of sp³-hybridized carbons (Fsp3) is 0.938. The average Bonchev–Trinajstić information content (AvgIpc) is 2.97. The van der Waals surface area contributed by atoms with Crippen molar-refractivity contribution in [1.29, 1.82) is 0 Å². The molecular weight excluding hydrogens is 252 g/mol. The second-order valence-electron chi connectivity index (χ2n) is 7.03. The first-order valence-corrected chi connectivity index (χ1v) is 8.34. The van der Waals surface area contributed by atoms with Crippen LogP contribution in [0.1, 0.15) is 51.4 Å². The zero-order chi connectivity index (χ0) is 14.2. The van der Waals surface area contributed by atoms with Gasteiger partial charge in [0.25, 0.3) is 0 Å². The summed E-state index contributed by atoms with van der Waals surface area (Å²) in [5.74, 6) is 0.495. The van der Waals surface area contributed by atoms with E-state index in [4.69, 9.17) is 0 Å². The van der Waals surface area contributed by atoms with E-state index in [0.717, 1.165) is 25.3 Å². The Kier molecular flexibility index (Phi) is 4.04. The molecule has 1 saturated heterocycles. The van der Waals surface area contributed by atoms with E-state index >= 15 is 0 Å². The van der Waals surface area contributed by atoms with Crippen molar-refractivity contribution in [2.24, 2.45) is 11.8 Å². The molecule has 2 N–H and O–H groups in total. The van der Waals surface area contributed by atoms with E-state index < -0.39 is 11.5 Å². The summed E-state index contributed by atoms with van der Waals surface area (Å²) in [6.07, 6.45) is 10.1. The standard InChI is InChI=1S/C16H28N2O2/c1-17-16(15(19)20,13-8-9-13)11-18-10-4-7-14(18)12-5-2-3-6-12/h12-14,17H,2-11H2,1H3,(H,19,20). The smallest absolute Gasteiger partial charge is 0.325 e. The lowest BCUT2D eigenvalue weighted by Gasteiger charge is -2.38. The number of rotatable bonds is 6. The molecule has 1 heterocycles. The predicted octanol–water partition coefficient (Wildman–Crippen LogP) is 2.09. The highest BCUT2D eigenvalue weighted by Gasteiger charge is 2.52. The van der Waals surface area contributed by atoms with Crippen LogP contribution >= 0.6 is 0 Å². The molecule has 2 saturated carbocycles. The van der Waals surface area contributed by atoms with E-state index in [-0.39, 0.29) is 0 Å². The molecule has 0 bridgehead atoms. The first-order chi connectivity index (χ1) is 9.67. The maximum absolute atomic E-state index is 11.9. The lowest BCUT2D eigenvalue weighted by Crippen LogP contribution is -2.60. The van der Waals surface area contributed by atoms with Crippen LogP contribution in [0, 0.1) is 11.8 Å². The van der Waals surface area contributed by atoms with Crippen LogP contribution in [0.4, 0.5) is 0 Å². The SMILES string of the molecule is CNC(CN1CCCC1C1CCCC1)(C(=O)O)C1CC1. The summed E-state index contributed by atoms with van der Waals surface area (Å²) < 4.78 is 0. The van der Waals surface area contributed by atoms with Gasteiger partial charge in [0.2, 0.25) is 0 Å². The van der Waals surface area contributed by atoms with Crippen LogP contribution in [0.25, 0.3) is 0 Å². The summed E-state index contributed by atoms with van der Waals surface area (Å²) in [7, 11) is 1.83. The fourth-order valence-electron chi connectivity index (χ4n) is 4.58. The minimum atomic E-state index is -0.707. The molecular formula is C16H28N2O2. The van der Waals surface area contributed by atoms with Gasteiger partial charge >= 0.3 is 5.97 Å². The molecule has 0 radical (unpaired) electrons. The van der Waals surface area contributed by atoms with Crippen LogP contribution in [0.3, 0.4) is 0 Å². The van der Waals surface area contributed by atoms with Crippen molar-refractivity contribution < 1.29 is 9.90 Å². The largest absolute Gasteiger partial charge is 0.480 e. The molecule has 0 amide bonds. The molecule has 0 aromatic carbocycles. The molecule has 4 nitrogen and oxygen atoms in total. The molecule has 0 aromatic heterocycles. The molecule has 3 rings (SSSR count). The molecule has 114 valence electrons. The molecule has 2 atom stereocenters. The van der Waals surface area contributed by atoms with Gasteiger partial charge in [-0.1, -0.05) is 12.8 Å². The molecule has 2 aliphatic carbocycles. The predicted molar refractivity (Wildman–Crippen MR) is 78.7 cm³/mol. The van der Waals surface area contributed by atoms with Crippen molar-refractivity contribution in [1.82, 2.24) is 10.2 Å². The molecule has 4 heteroatoms. The van der Waals surface area contributed by atoms with E-state index in [9.17, 15) is 9.90 Å². The van der Waals surface area contributed by atoms with E-state index in [1.54, 1.807) is 0 Å². The fourth-order valence-corrected chi connectivity index (χ4v) is 4.58. The van der Waals surface area contributed by atoms with Crippen LogP contribution in [-0.2, 0) is 4.79 Å². The van der Waals surface area contributed by atoms with Crippen molar-refractivity contribution in [3.63, 3.8) is 0 Å². The number of likely N-dealkylation sites (N-methyl/N-ethyl adjacent to an activating group) is 1. The van der Waals surface area contributed by atoms with Crippen LogP contribution < -0.4 is 5.32 Å². The summed E-state index contributed by atoms with van der Waals surface area (Å²) in [6, 6.07) is 0.642. The molecule has 3 fully saturated rings. The zero-order valence-corrected chi connectivity index (χ0v) is 12.6. The number of nitrogens with one attached hydrogen (secondary N) is 1. The Hall–Kier alpha value is -0.610. The number of carboxylic acids is 1. The highest BCUT2D eigenvalue weighted by molar-refractivity contribution is 5.80. The third-order valence-corrected chi connectivity index (χ3v) is 5.91. The van der Waals surface area contributed by atoms with Gasteiger partial charge in [0.15, 0.2) is 0 Å². The van der Waals surface area contributed by atoms with Crippen LogP contribution in [0.5, 0.6) is 0 Å². The van der Waals surface area contributed by atoms with Crippen molar-refractivity contribution >= 4 is 5.97 Å². The minimum Gasteiger partial charge on any atom is -0.480 e. The highest BCUT2D eigenvalue weighted by atomic mass is 16.4. The third-order valence-electron chi connectivity index (χ3n) is 5.91. The van der Waals surface area contributed by atoms with Gasteiger partial charge in [-0.05, 0) is 64.0 Å². The van der Waals surface area contributed by atoms with Crippen LogP contribution in [0.2, 0.25) is 0 Å². The summed E-state index contributed by atoms with van der Waals surface area (Å²) >= 11 is 0. The van der Waals surface area contributed by atoms with Gasteiger partial charge in [0, 0.05) is 12.6 Å². The van der Waals surface area contributed by atoms with E-state index in [2.05, 4.69) is 10.2 Å². The molecule has 1 aliphatic heterocycles. The minimum absolute atomic E-state index is 0.329. The van der Waals surface area contributed by atoms with Gasteiger partial charge < -0.3 is 10.4 Å². The first-order valence-electron chi connectivity index (χ1n) is 8.34. The van der Waals surface area contributed by atoms with Gasteiger partial charge in [0.1, 0.15) is 5.54 Å². The average molecular weight is 280 g/mol. The third kappa shape index (κ3) is 2.48. The number of hydrogen-bond acceptors (Lipinski definition) is 3. The Balaban J connectivity index is 1.72. The highest BCUT2D eigenvalue weighted by Crippen LogP contribution is 2.42. The normalized spacial score (nSPS) is 31.6. The number of aliphatic carboxylic acids is 1. The zero-order valence-electron chi connectivity index (χ0n) is 12.6. The number of carbonyl (C=O) groups is 1. The van der Waals surface area contributed by atoms with Gasteiger partial charge in [-0.3, -0.25) is 9.69 Å². The van der Waals surface area contributed by atoms with Crippen molar-refractivity contribution in [2.75, 3.05) is 20.1 Å². The maximum atomic E-state index is 11.9. The second kappa shape index (κ2) is 5.64. The Bertz CT molecular complexity index is 363. The van der Waals surface area contributed by atoms with E-state index in [0.29, 0.717) is 18.5 Å². The summed E-state index contributed by atoms with van der Waals surface area (Å²) in [6.45, 7) is 1.79. The number of hydrogen-bond donors (Lipinski definition) is 2. The molecule has 0 spiro atoms. The quantitative estimate of drug-likeness (QED) is 0.782. The molecule has 2 unspecified atom stereocenters. The number of nitrogens with zero attached hydrogens (tertiary/aromatic N) is 1. The molecule has 3 aliphatic rings. The Morgan fingerprint density at radius 3 is 2.45 bits per heavy atom. The Morgan fingerprint density at radius 2 is 1.90 bits per heavy atom. The number of carboxylic acid groups (broad SMARTS) is 1. The van der Waals surface area contributed by atoms with Gasteiger partial charge in [-0.25, -0.2) is 0 Å². The van der Waals surface area contributed by atoms with Crippen LogP contribution in [0.15, 0.2) is 0 Å². The topological polar surface area (TPSA) is 52.6 Å². The van der Waals surface area contributed by atoms with E-state index in [1.165, 1.54) is 38.5 Å². The van der Waals surface area contributed by atoms with Crippen molar-refractivity contribution in [3.05, 3.63) is 0 Å². The van der Waals surface area contributed by atoms with Gasteiger partial charge in [-0.2, -0.15) is 0 Å². The monoisotopic (exact) mass is 280 g/mol. The lowest BCUT2D eigenvalue weighted by molar-refractivity contribution is -0.147. The Labute approximate surface area is 121 Å². The summed E-state index contributed by atoms with van der Waals surface area (Å²) in [5, 5.41) is 12.9. The first kappa shape index (κ1) is 14.3. The summed E-state index contributed by atoms with van der Waals surface area (Å²) in [4.78, 5) is 14.4.